The summed E-state index contributed by atoms with van der Waals surface area (Å²) in [4.78, 5) is 37.9. The van der Waals surface area contributed by atoms with Crippen molar-refractivity contribution in [2.45, 2.75) is 291 Å². The number of hydrogen-bond donors (Lipinski definition) is 0. The highest BCUT2D eigenvalue weighted by molar-refractivity contribution is 5.71. The van der Waals surface area contributed by atoms with Gasteiger partial charge in [-0.15, -0.1) is 0 Å². The molecule has 0 bridgehead atoms. The Morgan fingerprint density at radius 3 is 0.983 bits per heavy atom. The Morgan fingerprint density at radius 2 is 0.655 bits per heavy atom. The SMILES string of the molecule is CCCCCCCCCCCCCCCCCCC(=O)O[C@@H](COC(=O)CCCCCCCCCCCCCC(C)C)COC(=O)CCCCCCCCC(C)CC. The highest BCUT2D eigenvalue weighted by Gasteiger charge is 2.19. The van der Waals surface area contributed by atoms with Crippen LogP contribution in [0.15, 0.2) is 0 Å². The largest absolute Gasteiger partial charge is 0.462 e. The van der Waals surface area contributed by atoms with Crippen LogP contribution in [0.5, 0.6) is 0 Å². The minimum Gasteiger partial charge on any atom is -0.462 e. The van der Waals surface area contributed by atoms with E-state index < -0.39 is 6.10 Å². The molecule has 0 aliphatic heterocycles. The number of ether oxygens (including phenoxy) is 3. The lowest BCUT2D eigenvalue weighted by Crippen LogP contribution is -2.30. The summed E-state index contributed by atoms with van der Waals surface area (Å²) in [5, 5.41) is 0. The second kappa shape index (κ2) is 44.9. The van der Waals surface area contributed by atoms with E-state index in [1.54, 1.807) is 0 Å². The summed E-state index contributed by atoms with van der Waals surface area (Å²) in [5.74, 6) is 0.789. The van der Waals surface area contributed by atoms with Gasteiger partial charge in [-0.3, -0.25) is 14.4 Å². The molecule has 344 valence electrons. The van der Waals surface area contributed by atoms with Crippen molar-refractivity contribution in [2.75, 3.05) is 13.2 Å². The first kappa shape index (κ1) is 56.4. The van der Waals surface area contributed by atoms with E-state index in [1.165, 1.54) is 173 Å². The summed E-state index contributed by atoms with van der Waals surface area (Å²) in [5.41, 5.74) is 0. The molecule has 0 rings (SSSR count). The third-order valence-corrected chi connectivity index (χ3v) is 12.1. The van der Waals surface area contributed by atoms with Crippen molar-refractivity contribution in [3.05, 3.63) is 0 Å². The van der Waals surface area contributed by atoms with Gasteiger partial charge in [0, 0.05) is 19.3 Å². The van der Waals surface area contributed by atoms with Crippen molar-refractivity contribution < 1.29 is 28.6 Å². The molecule has 0 fully saturated rings. The number of carbonyl (C=O) groups excluding carboxylic acids is 3. The first-order valence-corrected chi connectivity index (χ1v) is 25.8. The van der Waals surface area contributed by atoms with Crippen molar-refractivity contribution in [3.8, 4) is 0 Å². The summed E-state index contributed by atoms with van der Waals surface area (Å²) in [6, 6.07) is 0. The molecule has 6 heteroatoms. The number of hydrogen-bond acceptors (Lipinski definition) is 6. The minimum absolute atomic E-state index is 0.0646. The first-order chi connectivity index (χ1) is 28.3. The highest BCUT2D eigenvalue weighted by Crippen LogP contribution is 2.18. The van der Waals surface area contributed by atoms with Gasteiger partial charge in [0.25, 0.3) is 0 Å². The van der Waals surface area contributed by atoms with Crippen LogP contribution in [0.3, 0.4) is 0 Å². The maximum Gasteiger partial charge on any atom is 0.306 e. The highest BCUT2D eigenvalue weighted by atomic mass is 16.6. The molecule has 0 amide bonds. The van der Waals surface area contributed by atoms with Crippen LogP contribution in [0.1, 0.15) is 285 Å². The smallest absolute Gasteiger partial charge is 0.306 e. The second-order valence-corrected chi connectivity index (χ2v) is 18.5. The van der Waals surface area contributed by atoms with E-state index in [4.69, 9.17) is 14.2 Å². The van der Waals surface area contributed by atoms with E-state index in [0.29, 0.717) is 19.3 Å². The average molecular weight is 821 g/mol. The van der Waals surface area contributed by atoms with Gasteiger partial charge in [-0.1, -0.05) is 247 Å². The van der Waals surface area contributed by atoms with Gasteiger partial charge in [-0.25, -0.2) is 0 Å². The lowest BCUT2D eigenvalue weighted by Gasteiger charge is -2.18. The monoisotopic (exact) mass is 821 g/mol. The molecular weight excluding hydrogens is 721 g/mol. The zero-order valence-corrected chi connectivity index (χ0v) is 39.7. The van der Waals surface area contributed by atoms with Gasteiger partial charge in [0.15, 0.2) is 6.10 Å². The number of rotatable bonds is 46. The lowest BCUT2D eigenvalue weighted by molar-refractivity contribution is -0.167. The average Bonchev–Trinajstić information content (AvgIpc) is 3.21. The summed E-state index contributed by atoms with van der Waals surface area (Å²) < 4.78 is 16.8. The normalized spacial score (nSPS) is 12.5. The van der Waals surface area contributed by atoms with Crippen molar-refractivity contribution in [1.29, 1.82) is 0 Å². The third-order valence-electron chi connectivity index (χ3n) is 12.1. The van der Waals surface area contributed by atoms with Crippen LogP contribution in [0.4, 0.5) is 0 Å². The molecule has 0 radical (unpaired) electrons. The molecule has 6 nitrogen and oxygen atoms in total. The fraction of sp³-hybridized carbons (Fsp3) is 0.942. The van der Waals surface area contributed by atoms with E-state index in [9.17, 15) is 14.4 Å². The van der Waals surface area contributed by atoms with Crippen LogP contribution in [-0.4, -0.2) is 37.2 Å². The molecule has 0 aliphatic carbocycles. The van der Waals surface area contributed by atoms with Crippen LogP contribution < -0.4 is 0 Å². The Bertz CT molecular complexity index is 887. The molecular formula is C52H100O6. The molecule has 0 aromatic heterocycles. The van der Waals surface area contributed by atoms with Crippen LogP contribution in [0, 0.1) is 11.8 Å². The van der Waals surface area contributed by atoms with Gasteiger partial charge in [0.05, 0.1) is 0 Å². The fourth-order valence-electron chi connectivity index (χ4n) is 7.78. The van der Waals surface area contributed by atoms with E-state index in [0.717, 1.165) is 69.6 Å². The van der Waals surface area contributed by atoms with Gasteiger partial charge in [-0.05, 0) is 31.1 Å². The molecule has 0 saturated carbocycles. The van der Waals surface area contributed by atoms with Gasteiger partial charge >= 0.3 is 17.9 Å². The summed E-state index contributed by atoms with van der Waals surface area (Å²) in [6.45, 7) is 11.3. The molecule has 0 heterocycles. The molecule has 0 spiro atoms. The quantitative estimate of drug-likeness (QED) is 0.0346. The van der Waals surface area contributed by atoms with Gasteiger partial charge in [0.1, 0.15) is 13.2 Å². The predicted molar refractivity (Wildman–Crippen MR) is 247 cm³/mol. The van der Waals surface area contributed by atoms with E-state index in [1.807, 2.05) is 0 Å². The number of esters is 3. The topological polar surface area (TPSA) is 78.9 Å². The molecule has 0 saturated heterocycles. The molecule has 58 heavy (non-hydrogen) atoms. The molecule has 0 aromatic rings. The van der Waals surface area contributed by atoms with Crippen LogP contribution in [-0.2, 0) is 28.6 Å². The Morgan fingerprint density at radius 1 is 0.362 bits per heavy atom. The van der Waals surface area contributed by atoms with E-state index in [-0.39, 0.29) is 31.1 Å². The number of carbonyl (C=O) groups is 3. The summed E-state index contributed by atoms with van der Waals surface area (Å²) in [6.07, 6.45) is 45.2. The molecule has 0 aromatic carbocycles. The van der Waals surface area contributed by atoms with Gasteiger partial charge in [-0.2, -0.15) is 0 Å². The van der Waals surface area contributed by atoms with Gasteiger partial charge < -0.3 is 14.2 Å². The molecule has 0 aliphatic rings. The molecule has 0 N–H and O–H groups in total. The maximum atomic E-state index is 12.8. The van der Waals surface area contributed by atoms with Crippen molar-refractivity contribution in [3.63, 3.8) is 0 Å². The van der Waals surface area contributed by atoms with Crippen molar-refractivity contribution >= 4 is 17.9 Å². The predicted octanol–water partition coefficient (Wildman–Crippen LogP) is 16.5. The molecule has 2 atom stereocenters. The zero-order chi connectivity index (χ0) is 42.6. The fourth-order valence-corrected chi connectivity index (χ4v) is 7.78. The maximum absolute atomic E-state index is 12.8. The summed E-state index contributed by atoms with van der Waals surface area (Å²) >= 11 is 0. The Balaban J connectivity index is 4.30. The Kier molecular flexibility index (Phi) is 43.7. The van der Waals surface area contributed by atoms with Crippen LogP contribution in [0.25, 0.3) is 0 Å². The van der Waals surface area contributed by atoms with Crippen LogP contribution >= 0.6 is 0 Å². The standard InChI is InChI=1S/C52H100O6/c1-6-8-9-10-11-12-13-14-15-16-17-20-24-27-34-39-44-52(55)58-49(46-57-51(54)43-38-33-29-28-31-36-41-48(5)7-2)45-56-50(53)42-37-32-26-23-21-18-19-22-25-30-35-40-47(3)4/h47-49H,6-46H2,1-5H3/t48?,49-/m0/s1. The van der Waals surface area contributed by atoms with Crippen LogP contribution in [0.2, 0.25) is 0 Å². The Hall–Kier alpha value is -1.59. The number of unbranched alkanes of at least 4 members (excludes halogenated alkanes) is 30. The van der Waals surface area contributed by atoms with E-state index in [2.05, 4.69) is 34.6 Å². The van der Waals surface area contributed by atoms with Crippen molar-refractivity contribution in [1.82, 2.24) is 0 Å². The van der Waals surface area contributed by atoms with E-state index >= 15 is 0 Å². The van der Waals surface area contributed by atoms with Crippen molar-refractivity contribution in [2.24, 2.45) is 11.8 Å². The summed E-state index contributed by atoms with van der Waals surface area (Å²) in [7, 11) is 0. The minimum atomic E-state index is -0.762. The first-order valence-electron chi connectivity index (χ1n) is 25.8. The second-order valence-electron chi connectivity index (χ2n) is 18.5. The zero-order valence-electron chi connectivity index (χ0n) is 39.7. The Labute approximate surface area is 361 Å². The van der Waals surface area contributed by atoms with Gasteiger partial charge in [0.2, 0.25) is 0 Å². The lowest BCUT2D eigenvalue weighted by atomic mass is 10.00. The third kappa shape index (κ3) is 44.0. The molecule has 1 unspecified atom stereocenters.